The van der Waals surface area contributed by atoms with E-state index in [-0.39, 0.29) is 11.7 Å². The molecule has 0 spiro atoms. The smallest absolute Gasteiger partial charge is 0.353 e. The normalized spacial score (nSPS) is 24.1. The fourth-order valence-electron chi connectivity index (χ4n) is 2.66. The maximum Gasteiger partial charge on any atom is 0.353 e. The summed E-state index contributed by atoms with van der Waals surface area (Å²) in [5.41, 5.74) is 6.51. The predicted octanol–water partition coefficient (Wildman–Crippen LogP) is 0.0548. The summed E-state index contributed by atoms with van der Waals surface area (Å²) in [6, 6.07) is 6.90. The van der Waals surface area contributed by atoms with Crippen LogP contribution in [0, 0.1) is 0 Å². The lowest BCUT2D eigenvalue weighted by Gasteiger charge is -2.48. The summed E-state index contributed by atoms with van der Waals surface area (Å²) >= 11 is 1.31. The zero-order valence-corrected chi connectivity index (χ0v) is 12.8. The van der Waals surface area contributed by atoms with Gasteiger partial charge in [-0.2, -0.15) is 0 Å². The maximum atomic E-state index is 12.2. The molecule has 1 fully saturated rings. The molecule has 0 bridgehead atoms. The van der Waals surface area contributed by atoms with Gasteiger partial charge in [0.05, 0.1) is 6.04 Å². The fraction of sp³-hybridized carbons (Fsp3) is 0.267. The van der Waals surface area contributed by atoms with Crippen LogP contribution in [0.4, 0.5) is 0 Å². The molecule has 3 rings (SSSR count). The van der Waals surface area contributed by atoms with Crippen molar-refractivity contribution in [1.29, 1.82) is 0 Å². The van der Waals surface area contributed by atoms with Crippen LogP contribution >= 0.6 is 11.8 Å². The standard InChI is InChI=1S/C15H15N3O4S/c16-11(8-4-2-1-3-5-8)13(19)17-12-9-6-23-7-10(15(21)22)18(9)14(12)20/h1-5,7,9,11-12H,6,16H2,(H,17,19)(H,21,22). The summed E-state index contributed by atoms with van der Waals surface area (Å²) in [6.07, 6.45) is 0. The summed E-state index contributed by atoms with van der Waals surface area (Å²) < 4.78 is 0. The highest BCUT2D eigenvalue weighted by atomic mass is 32.2. The Hall–Kier alpha value is -2.32. The van der Waals surface area contributed by atoms with Crippen LogP contribution in [0.5, 0.6) is 0 Å². The number of hydrogen-bond donors (Lipinski definition) is 3. The van der Waals surface area contributed by atoms with Gasteiger partial charge in [0.1, 0.15) is 17.8 Å². The molecule has 2 aliphatic rings. The molecule has 2 amide bonds. The Morgan fingerprint density at radius 1 is 1.35 bits per heavy atom. The Morgan fingerprint density at radius 3 is 2.70 bits per heavy atom. The lowest BCUT2D eigenvalue weighted by Crippen LogP contribution is -2.72. The molecule has 0 radical (unpaired) electrons. The Bertz CT molecular complexity index is 691. The van der Waals surface area contributed by atoms with Crippen LogP contribution in [-0.4, -0.2) is 45.6 Å². The van der Waals surface area contributed by atoms with Crippen molar-refractivity contribution in [2.24, 2.45) is 5.73 Å². The molecule has 4 N–H and O–H groups in total. The number of β-lactam (4-membered cyclic amide) rings is 1. The molecule has 120 valence electrons. The van der Waals surface area contributed by atoms with Crippen LogP contribution < -0.4 is 11.1 Å². The minimum atomic E-state index is -1.15. The van der Waals surface area contributed by atoms with E-state index in [2.05, 4.69) is 5.32 Å². The summed E-state index contributed by atoms with van der Waals surface area (Å²) in [5, 5.41) is 13.2. The van der Waals surface area contributed by atoms with Gasteiger partial charge in [-0.05, 0) is 5.56 Å². The van der Waals surface area contributed by atoms with E-state index in [0.29, 0.717) is 11.3 Å². The average molecular weight is 333 g/mol. The third-order valence-electron chi connectivity index (χ3n) is 3.90. The molecule has 2 heterocycles. The van der Waals surface area contributed by atoms with Crippen molar-refractivity contribution in [2.75, 3.05) is 5.75 Å². The molecule has 8 heteroatoms. The van der Waals surface area contributed by atoms with Crippen molar-refractivity contribution in [3.05, 3.63) is 47.0 Å². The largest absolute Gasteiger partial charge is 0.477 e. The van der Waals surface area contributed by atoms with Crippen molar-refractivity contribution in [2.45, 2.75) is 18.1 Å². The first-order valence-electron chi connectivity index (χ1n) is 6.99. The number of hydrogen-bond acceptors (Lipinski definition) is 5. The van der Waals surface area contributed by atoms with Gasteiger partial charge < -0.3 is 16.2 Å². The molecule has 1 saturated heterocycles. The van der Waals surface area contributed by atoms with Gasteiger partial charge in [-0.25, -0.2) is 4.79 Å². The number of carboxylic acids is 1. The number of rotatable bonds is 4. The number of benzene rings is 1. The fourth-order valence-corrected chi connectivity index (χ4v) is 3.67. The van der Waals surface area contributed by atoms with E-state index in [4.69, 9.17) is 10.8 Å². The summed E-state index contributed by atoms with van der Waals surface area (Å²) in [4.78, 5) is 36.7. The Labute approximate surface area is 136 Å². The minimum Gasteiger partial charge on any atom is -0.477 e. The van der Waals surface area contributed by atoms with Crippen molar-refractivity contribution in [3.63, 3.8) is 0 Å². The van der Waals surface area contributed by atoms with E-state index in [0.717, 1.165) is 0 Å². The first-order valence-corrected chi connectivity index (χ1v) is 8.04. The van der Waals surface area contributed by atoms with Gasteiger partial charge in [0.2, 0.25) is 5.91 Å². The van der Waals surface area contributed by atoms with E-state index >= 15 is 0 Å². The predicted molar refractivity (Wildman–Crippen MR) is 84.1 cm³/mol. The number of thioether (sulfide) groups is 1. The zero-order chi connectivity index (χ0) is 16.6. The monoisotopic (exact) mass is 333 g/mol. The topological polar surface area (TPSA) is 113 Å². The Morgan fingerprint density at radius 2 is 2.04 bits per heavy atom. The second-order valence-electron chi connectivity index (χ2n) is 5.29. The molecule has 3 atom stereocenters. The summed E-state index contributed by atoms with van der Waals surface area (Å²) in [7, 11) is 0. The van der Waals surface area contributed by atoms with E-state index < -0.39 is 29.9 Å². The number of carboxylic acid groups (broad SMARTS) is 1. The van der Waals surface area contributed by atoms with Crippen LogP contribution in [0.25, 0.3) is 0 Å². The first kappa shape index (κ1) is 15.6. The number of carbonyl (C=O) groups is 3. The quantitative estimate of drug-likeness (QED) is 0.671. The van der Waals surface area contributed by atoms with Crippen LogP contribution in [0.15, 0.2) is 41.4 Å². The van der Waals surface area contributed by atoms with Crippen molar-refractivity contribution in [1.82, 2.24) is 10.2 Å². The number of carbonyl (C=O) groups excluding carboxylic acids is 2. The van der Waals surface area contributed by atoms with Crippen molar-refractivity contribution in [3.8, 4) is 0 Å². The van der Waals surface area contributed by atoms with Gasteiger partial charge in [-0.1, -0.05) is 30.3 Å². The number of aliphatic carboxylic acids is 1. The van der Waals surface area contributed by atoms with E-state index in [1.54, 1.807) is 24.3 Å². The lowest BCUT2D eigenvalue weighted by atomic mass is 9.94. The highest BCUT2D eigenvalue weighted by Gasteiger charge is 2.52. The molecule has 0 aromatic heterocycles. The molecule has 23 heavy (non-hydrogen) atoms. The second kappa shape index (κ2) is 6.05. The van der Waals surface area contributed by atoms with Gasteiger partial charge in [0.15, 0.2) is 0 Å². The molecular formula is C15H15N3O4S. The highest BCUT2D eigenvalue weighted by Crippen LogP contribution is 2.34. The molecule has 0 aliphatic carbocycles. The SMILES string of the molecule is NC(C(=O)NC1C(=O)N2C(C(=O)O)=CSCC12)c1ccccc1. The maximum absolute atomic E-state index is 12.2. The number of fused-ring (bicyclic) bond motifs is 1. The van der Waals surface area contributed by atoms with E-state index in [1.165, 1.54) is 22.1 Å². The van der Waals surface area contributed by atoms with Gasteiger partial charge in [-0.3, -0.25) is 14.5 Å². The number of nitrogens with zero attached hydrogens (tertiary/aromatic N) is 1. The molecule has 7 nitrogen and oxygen atoms in total. The van der Waals surface area contributed by atoms with Gasteiger partial charge in [-0.15, -0.1) is 11.8 Å². The molecule has 3 unspecified atom stereocenters. The minimum absolute atomic E-state index is 0.0471. The molecule has 2 aliphatic heterocycles. The molecule has 1 aromatic carbocycles. The second-order valence-corrected chi connectivity index (χ2v) is 6.19. The Kier molecular flexibility index (Phi) is 4.10. The zero-order valence-electron chi connectivity index (χ0n) is 12.0. The lowest BCUT2D eigenvalue weighted by molar-refractivity contribution is -0.153. The molecule has 1 aromatic rings. The van der Waals surface area contributed by atoms with E-state index in [1.807, 2.05) is 6.07 Å². The average Bonchev–Trinajstić information content (AvgIpc) is 2.58. The number of nitrogens with one attached hydrogen (secondary N) is 1. The van der Waals surface area contributed by atoms with Crippen LogP contribution in [0.1, 0.15) is 11.6 Å². The summed E-state index contributed by atoms with van der Waals surface area (Å²) in [6.45, 7) is 0. The van der Waals surface area contributed by atoms with Crippen LogP contribution in [0.3, 0.4) is 0 Å². The van der Waals surface area contributed by atoms with Crippen molar-refractivity contribution < 1.29 is 19.5 Å². The third kappa shape index (κ3) is 2.71. The van der Waals surface area contributed by atoms with Gasteiger partial charge in [0.25, 0.3) is 5.91 Å². The molecule has 0 saturated carbocycles. The van der Waals surface area contributed by atoms with Crippen molar-refractivity contribution >= 4 is 29.5 Å². The summed E-state index contributed by atoms with van der Waals surface area (Å²) in [5.74, 6) is -1.49. The number of nitrogens with two attached hydrogens (primary N) is 1. The van der Waals surface area contributed by atoms with Gasteiger partial charge >= 0.3 is 5.97 Å². The third-order valence-corrected chi connectivity index (χ3v) is 4.82. The molecular weight excluding hydrogens is 318 g/mol. The number of amides is 2. The first-order chi connectivity index (χ1) is 11.0. The Balaban J connectivity index is 1.68. The van der Waals surface area contributed by atoms with Crippen LogP contribution in [-0.2, 0) is 14.4 Å². The van der Waals surface area contributed by atoms with Crippen LogP contribution in [0.2, 0.25) is 0 Å². The van der Waals surface area contributed by atoms with Gasteiger partial charge in [0, 0.05) is 11.2 Å². The van der Waals surface area contributed by atoms with E-state index in [9.17, 15) is 14.4 Å². The highest BCUT2D eigenvalue weighted by molar-refractivity contribution is 8.02.